The first-order chi connectivity index (χ1) is 11.6. The third-order valence-electron chi connectivity index (χ3n) is 4.33. The van der Waals surface area contributed by atoms with Gasteiger partial charge in [-0.1, -0.05) is 12.1 Å². The third kappa shape index (κ3) is 3.69. The predicted octanol–water partition coefficient (Wildman–Crippen LogP) is 2.79. The molecule has 1 aliphatic heterocycles. The van der Waals surface area contributed by atoms with Crippen molar-refractivity contribution >= 4 is 5.91 Å². The average molecular weight is 329 g/mol. The van der Waals surface area contributed by atoms with Gasteiger partial charge >= 0.3 is 0 Å². The summed E-state index contributed by atoms with van der Waals surface area (Å²) in [5.74, 6) is -0.282. The van der Waals surface area contributed by atoms with Crippen LogP contribution in [0.5, 0.6) is 5.75 Å². The first kappa shape index (κ1) is 16.4. The van der Waals surface area contributed by atoms with Crippen LogP contribution in [-0.2, 0) is 4.79 Å². The second kappa shape index (κ2) is 7.38. The number of nitrogens with zero attached hydrogens (tertiary/aromatic N) is 3. The van der Waals surface area contributed by atoms with Gasteiger partial charge in [0.05, 0.1) is 5.92 Å². The largest absolute Gasteiger partial charge is 0.487 e. The number of para-hydroxylation sites is 1. The topological polar surface area (TPSA) is 55.3 Å². The Bertz CT molecular complexity index is 688. The summed E-state index contributed by atoms with van der Waals surface area (Å²) >= 11 is 0. The predicted molar refractivity (Wildman–Crippen MR) is 87.1 cm³/mol. The molecule has 1 aromatic heterocycles. The molecule has 0 saturated carbocycles. The van der Waals surface area contributed by atoms with E-state index in [0.717, 1.165) is 5.56 Å². The van der Waals surface area contributed by atoms with Gasteiger partial charge in [-0.2, -0.15) is 0 Å². The van der Waals surface area contributed by atoms with Gasteiger partial charge in [-0.05, 0) is 19.1 Å². The number of ether oxygens (including phenoxy) is 1. The molecule has 126 valence electrons. The molecule has 1 unspecified atom stereocenters. The number of hydrogen-bond acceptors (Lipinski definition) is 4. The van der Waals surface area contributed by atoms with Crippen molar-refractivity contribution in [3.8, 4) is 5.75 Å². The SMILES string of the molecule is CC(C(=O)N1CCC(Oc2ccccc2F)CC1)c1cncnc1. The first-order valence-corrected chi connectivity index (χ1v) is 8.10. The highest BCUT2D eigenvalue weighted by Crippen LogP contribution is 2.24. The summed E-state index contributed by atoms with van der Waals surface area (Å²) in [5.41, 5.74) is 0.812. The van der Waals surface area contributed by atoms with Gasteiger partial charge in [-0.25, -0.2) is 14.4 Å². The summed E-state index contributed by atoms with van der Waals surface area (Å²) in [6.45, 7) is 3.08. The average Bonchev–Trinajstić information content (AvgIpc) is 2.64. The molecule has 1 fully saturated rings. The lowest BCUT2D eigenvalue weighted by Crippen LogP contribution is -2.43. The summed E-state index contributed by atoms with van der Waals surface area (Å²) < 4.78 is 19.4. The lowest BCUT2D eigenvalue weighted by molar-refractivity contribution is -0.134. The van der Waals surface area contributed by atoms with Gasteiger partial charge in [0.15, 0.2) is 11.6 Å². The molecule has 1 aromatic carbocycles. The zero-order chi connectivity index (χ0) is 16.9. The number of benzene rings is 1. The van der Waals surface area contributed by atoms with Gasteiger partial charge in [0.25, 0.3) is 0 Å². The number of amides is 1. The van der Waals surface area contributed by atoms with Crippen molar-refractivity contribution in [3.63, 3.8) is 0 Å². The van der Waals surface area contributed by atoms with Crippen LogP contribution in [0.25, 0.3) is 0 Å². The van der Waals surface area contributed by atoms with Crippen LogP contribution in [0.15, 0.2) is 43.0 Å². The van der Waals surface area contributed by atoms with E-state index in [4.69, 9.17) is 4.74 Å². The Kier molecular flexibility index (Phi) is 5.03. The Balaban J connectivity index is 1.55. The fourth-order valence-electron chi connectivity index (χ4n) is 2.86. The second-order valence-corrected chi connectivity index (χ2v) is 5.97. The molecular weight excluding hydrogens is 309 g/mol. The molecule has 1 aliphatic rings. The molecule has 0 bridgehead atoms. The Hall–Kier alpha value is -2.50. The Labute approximate surface area is 140 Å². The molecular formula is C18H20FN3O2. The van der Waals surface area contributed by atoms with E-state index in [-0.39, 0.29) is 29.5 Å². The molecule has 0 spiro atoms. The molecule has 6 heteroatoms. The van der Waals surface area contributed by atoms with Gasteiger partial charge < -0.3 is 9.64 Å². The molecule has 3 rings (SSSR count). The zero-order valence-corrected chi connectivity index (χ0v) is 13.6. The van der Waals surface area contributed by atoms with Crippen LogP contribution >= 0.6 is 0 Å². The highest BCUT2D eigenvalue weighted by Gasteiger charge is 2.28. The quantitative estimate of drug-likeness (QED) is 0.865. The smallest absolute Gasteiger partial charge is 0.229 e. The minimum Gasteiger partial charge on any atom is -0.487 e. The summed E-state index contributed by atoms with van der Waals surface area (Å²) in [4.78, 5) is 22.3. The van der Waals surface area contributed by atoms with Crippen LogP contribution in [0.2, 0.25) is 0 Å². The van der Waals surface area contributed by atoms with Crippen LogP contribution in [0, 0.1) is 5.82 Å². The van der Waals surface area contributed by atoms with Crippen LogP contribution < -0.4 is 4.74 Å². The summed E-state index contributed by atoms with van der Waals surface area (Å²) in [7, 11) is 0. The van der Waals surface area contributed by atoms with E-state index >= 15 is 0 Å². The van der Waals surface area contributed by atoms with Crippen molar-refractivity contribution in [2.24, 2.45) is 0 Å². The third-order valence-corrected chi connectivity index (χ3v) is 4.33. The highest BCUT2D eigenvalue weighted by atomic mass is 19.1. The maximum Gasteiger partial charge on any atom is 0.229 e. The van der Waals surface area contributed by atoms with Crippen LogP contribution in [0.3, 0.4) is 0 Å². The number of piperidine rings is 1. The molecule has 1 atom stereocenters. The van der Waals surface area contributed by atoms with Crippen molar-refractivity contribution in [1.82, 2.24) is 14.9 Å². The standard InChI is InChI=1S/C18H20FN3O2/c1-13(14-10-20-12-21-11-14)18(23)22-8-6-15(7-9-22)24-17-5-3-2-4-16(17)19/h2-5,10-13,15H,6-9H2,1H3. The van der Waals surface area contributed by atoms with E-state index in [1.54, 1.807) is 30.6 Å². The van der Waals surface area contributed by atoms with Crippen molar-refractivity contribution < 1.29 is 13.9 Å². The highest BCUT2D eigenvalue weighted by molar-refractivity contribution is 5.83. The second-order valence-electron chi connectivity index (χ2n) is 5.97. The molecule has 0 aliphatic carbocycles. The van der Waals surface area contributed by atoms with E-state index in [1.165, 1.54) is 12.4 Å². The minimum atomic E-state index is -0.353. The van der Waals surface area contributed by atoms with Gasteiger partial charge in [0.2, 0.25) is 5.91 Å². The maximum absolute atomic E-state index is 13.6. The zero-order valence-electron chi connectivity index (χ0n) is 13.6. The lowest BCUT2D eigenvalue weighted by atomic mass is 10.0. The molecule has 2 aromatic rings. The number of likely N-dealkylation sites (tertiary alicyclic amines) is 1. The Morgan fingerprint density at radius 1 is 1.25 bits per heavy atom. The number of carbonyl (C=O) groups is 1. The van der Waals surface area contributed by atoms with Crippen molar-refractivity contribution in [1.29, 1.82) is 0 Å². The molecule has 5 nitrogen and oxygen atoms in total. The summed E-state index contributed by atoms with van der Waals surface area (Å²) in [6.07, 6.45) is 6.11. The van der Waals surface area contributed by atoms with E-state index in [2.05, 4.69) is 9.97 Å². The molecule has 2 heterocycles. The van der Waals surface area contributed by atoms with Gasteiger partial charge in [0.1, 0.15) is 12.4 Å². The summed E-state index contributed by atoms with van der Waals surface area (Å²) in [6, 6.07) is 6.40. The molecule has 24 heavy (non-hydrogen) atoms. The maximum atomic E-state index is 13.6. The monoisotopic (exact) mass is 329 g/mol. The van der Waals surface area contributed by atoms with E-state index in [9.17, 15) is 9.18 Å². The Morgan fingerprint density at radius 2 is 1.92 bits per heavy atom. The molecule has 0 radical (unpaired) electrons. The fraction of sp³-hybridized carbons (Fsp3) is 0.389. The van der Waals surface area contributed by atoms with Crippen molar-refractivity contribution in [2.45, 2.75) is 31.8 Å². The molecule has 0 N–H and O–H groups in total. The number of rotatable bonds is 4. The minimum absolute atomic E-state index is 0.0640. The number of halogens is 1. The molecule has 1 amide bonds. The first-order valence-electron chi connectivity index (χ1n) is 8.10. The molecule has 1 saturated heterocycles. The number of hydrogen-bond donors (Lipinski definition) is 0. The van der Waals surface area contributed by atoms with Crippen molar-refractivity contribution in [3.05, 3.63) is 54.4 Å². The van der Waals surface area contributed by atoms with E-state index in [1.807, 2.05) is 11.8 Å². The fourth-order valence-corrected chi connectivity index (χ4v) is 2.86. The van der Waals surface area contributed by atoms with Crippen molar-refractivity contribution in [2.75, 3.05) is 13.1 Å². The lowest BCUT2D eigenvalue weighted by Gasteiger charge is -2.33. The van der Waals surface area contributed by atoms with Gasteiger partial charge in [0, 0.05) is 43.9 Å². The normalized spacial score (nSPS) is 16.7. The number of carbonyl (C=O) groups excluding carboxylic acids is 1. The van der Waals surface area contributed by atoms with E-state index in [0.29, 0.717) is 25.9 Å². The van der Waals surface area contributed by atoms with Crippen LogP contribution in [0.4, 0.5) is 4.39 Å². The van der Waals surface area contributed by atoms with Crippen LogP contribution in [0.1, 0.15) is 31.2 Å². The van der Waals surface area contributed by atoms with E-state index < -0.39 is 0 Å². The van der Waals surface area contributed by atoms with Gasteiger partial charge in [-0.3, -0.25) is 4.79 Å². The summed E-state index contributed by atoms with van der Waals surface area (Å²) in [5, 5.41) is 0. The van der Waals surface area contributed by atoms with Crippen LogP contribution in [-0.4, -0.2) is 40.0 Å². The Morgan fingerprint density at radius 3 is 2.58 bits per heavy atom. The number of aromatic nitrogens is 2. The van der Waals surface area contributed by atoms with Gasteiger partial charge in [-0.15, -0.1) is 0 Å².